The van der Waals surface area contributed by atoms with Crippen molar-refractivity contribution in [1.29, 1.82) is 0 Å². The molecule has 1 fully saturated rings. The second kappa shape index (κ2) is 7.27. The first kappa shape index (κ1) is 13.2. The molecular weight excluding hydrogens is 226 g/mol. The molecule has 1 atom stereocenters. The van der Waals surface area contributed by atoms with E-state index >= 15 is 0 Å². The Hall–Kier alpha value is -1.22. The van der Waals surface area contributed by atoms with Crippen LogP contribution in [0.2, 0.25) is 0 Å². The lowest BCUT2D eigenvalue weighted by molar-refractivity contribution is 0.103. The average molecular weight is 249 g/mol. The van der Waals surface area contributed by atoms with Crippen molar-refractivity contribution in [3.63, 3.8) is 0 Å². The molecule has 0 aliphatic carbocycles. The third-order valence-corrected chi connectivity index (χ3v) is 3.23. The average Bonchev–Trinajstić information content (AvgIpc) is 2.90. The molecule has 1 heterocycles. The molecule has 3 heteroatoms. The van der Waals surface area contributed by atoms with E-state index in [0.717, 1.165) is 37.4 Å². The second-order valence-corrected chi connectivity index (χ2v) is 4.63. The first-order valence-electron chi connectivity index (χ1n) is 6.97. The smallest absolute Gasteiger partial charge is 0.142 e. The van der Waals surface area contributed by atoms with Crippen LogP contribution in [-0.4, -0.2) is 25.9 Å². The Labute approximate surface area is 109 Å². The Kier molecular flexibility index (Phi) is 5.34. The van der Waals surface area contributed by atoms with Gasteiger partial charge in [0.1, 0.15) is 5.75 Å². The highest BCUT2D eigenvalue weighted by molar-refractivity contribution is 5.56. The number of anilines is 1. The highest BCUT2D eigenvalue weighted by Crippen LogP contribution is 2.24. The molecule has 0 aromatic heterocycles. The van der Waals surface area contributed by atoms with Gasteiger partial charge in [0.15, 0.2) is 0 Å². The van der Waals surface area contributed by atoms with Gasteiger partial charge in [-0.25, -0.2) is 0 Å². The van der Waals surface area contributed by atoms with Gasteiger partial charge >= 0.3 is 0 Å². The van der Waals surface area contributed by atoms with Gasteiger partial charge in [-0.05, 0) is 44.7 Å². The van der Waals surface area contributed by atoms with Crippen molar-refractivity contribution in [1.82, 2.24) is 0 Å². The minimum Gasteiger partial charge on any atom is -0.492 e. The molecule has 0 amide bonds. The Morgan fingerprint density at radius 1 is 1.39 bits per heavy atom. The molecule has 1 aliphatic heterocycles. The first-order valence-corrected chi connectivity index (χ1v) is 6.97. The highest BCUT2D eigenvalue weighted by atomic mass is 16.5. The van der Waals surface area contributed by atoms with E-state index in [2.05, 4.69) is 11.4 Å². The minimum absolute atomic E-state index is 0.494. The third-order valence-electron chi connectivity index (χ3n) is 3.23. The molecule has 0 saturated carbocycles. The fourth-order valence-corrected chi connectivity index (χ4v) is 2.32. The molecule has 1 aliphatic rings. The number of hydrogen-bond acceptors (Lipinski definition) is 3. The number of ether oxygens (including phenoxy) is 2. The SMILES string of the molecule is CCOc1ccccc1NCCCC1CCCO1. The number of para-hydroxylation sites is 2. The molecule has 2 rings (SSSR count). The van der Waals surface area contributed by atoms with Crippen LogP contribution in [0.25, 0.3) is 0 Å². The molecule has 0 radical (unpaired) electrons. The summed E-state index contributed by atoms with van der Waals surface area (Å²) < 4.78 is 11.2. The monoisotopic (exact) mass is 249 g/mol. The summed E-state index contributed by atoms with van der Waals surface area (Å²) in [5, 5.41) is 3.44. The fraction of sp³-hybridized carbons (Fsp3) is 0.600. The van der Waals surface area contributed by atoms with Gasteiger partial charge in [-0.3, -0.25) is 0 Å². The summed E-state index contributed by atoms with van der Waals surface area (Å²) in [4.78, 5) is 0. The van der Waals surface area contributed by atoms with Crippen LogP contribution in [0.3, 0.4) is 0 Å². The molecule has 100 valence electrons. The zero-order valence-electron chi connectivity index (χ0n) is 11.2. The molecule has 1 aromatic carbocycles. The van der Waals surface area contributed by atoms with Crippen molar-refractivity contribution in [2.75, 3.05) is 25.1 Å². The van der Waals surface area contributed by atoms with E-state index < -0.39 is 0 Å². The van der Waals surface area contributed by atoms with Crippen LogP contribution in [0.4, 0.5) is 5.69 Å². The largest absolute Gasteiger partial charge is 0.492 e. The first-order chi connectivity index (χ1) is 8.90. The number of nitrogens with one attached hydrogen (secondary N) is 1. The molecular formula is C15H23NO2. The number of benzene rings is 1. The normalized spacial score (nSPS) is 18.8. The lowest BCUT2D eigenvalue weighted by atomic mass is 10.1. The van der Waals surface area contributed by atoms with Crippen molar-refractivity contribution >= 4 is 5.69 Å². The van der Waals surface area contributed by atoms with Crippen molar-refractivity contribution in [2.45, 2.75) is 38.7 Å². The zero-order valence-corrected chi connectivity index (χ0v) is 11.2. The van der Waals surface area contributed by atoms with Crippen molar-refractivity contribution in [3.8, 4) is 5.75 Å². The summed E-state index contributed by atoms with van der Waals surface area (Å²) >= 11 is 0. The molecule has 1 aromatic rings. The van der Waals surface area contributed by atoms with Gasteiger partial charge in [0.2, 0.25) is 0 Å². The van der Waals surface area contributed by atoms with Gasteiger partial charge in [-0.15, -0.1) is 0 Å². The van der Waals surface area contributed by atoms with Crippen molar-refractivity contribution < 1.29 is 9.47 Å². The van der Waals surface area contributed by atoms with Crippen molar-refractivity contribution in [3.05, 3.63) is 24.3 Å². The van der Waals surface area contributed by atoms with E-state index in [0.29, 0.717) is 12.7 Å². The summed E-state index contributed by atoms with van der Waals surface area (Å²) in [5.41, 5.74) is 1.09. The van der Waals surface area contributed by atoms with Gasteiger partial charge in [0, 0.05) is 13.2 Å². The van der Waals surface area contributed by atoms with E-state index in [1.165, 1.54) is 12.8 Å². The maximum Gasteiger partial charge on any atom is 0.142 e. The van der Waals surface area contributed by atoms with E-state index in [1.807, 2.05) is 25.1 Å². The Morgan fingerprint density at radius 3 is 3.06 bits per heavy atom. The topological polar surface area (TPSA) is 30.5 Å². The predicted octanol–water partition coefficient (Wildman–Crippen LogP) is 3.46. The molecule has 1 N–H and O–H groups in total. The van der Waals surface area contributed by atoms with Gasteiger partial charge in [0.25, 0.3) is 0 Å². The second-order valence-electron chi connectivity index (χ2n) is 4.63. The zero-order chi connectivity index (χ0) is 12.6. The van der Waals surface area contributed by atoms with Gasteiger partial charge in [-0.1, -0.05) is 12.1 Å². The summed E-state index contributed by atoms with van der Waals surface area (Å²) in [6, 6.07) is 8.11. The Morgan fingerprint density at radius 2 is 2.28 bits per heavy atom. The third kappa shape index (κ3) is 3.91. The molecule has 1 saturated heterocycles. The summed E-state index contributed by atoms with van der Waals surface area (Å²) in [5.74, 6) is 0.942. The van der Waals surface area contributed by atoms with Crippen LogP contribution in [0.1, 0.15) is 32.6 Å². The molecule has 1 unspecified atom stereocenters. The maximum atomic E-state index is 5.62. The lowest BCUT2D eigenvalue weighted by Crippen LogP contribution is -2.09. The standard InChI is InChI=1S/C15H23NO2/c1-2-17-15-10-4-3-9-14(15)16-11-5-7-13-8-6-12-18-13/h3-4,9-10,13,16H,2,5-8,11-12H2,1H3. The lowest BCUT2D eigenvalue weighted by Gasteiger charge is -2.13. The van der Waals surface area contributed by atoms with E-state index in [1.54, 1.807) is 0 Å². The predicted molar refractivity (Wildman–Crippen MR) is 74.3 cm³/mol. The minimum atomic E-state index is 0.494. The van der Waals surface area contributed by atoms with Gasteiger partial charge in [-0.2, -0.15) is 0 Å². The van der Waals surface area contributed by atoms with Crippen LogP contribution >= 0.6 is 0 Å². The summed E-state index contributed by atoms with van der Waals surface area (Å²) in [6.07, 6.45) is 5.25. The molecule has 0 spiro atoms. The quantitative estimate of drug-likeness (QED) is 0.751. The van der Waals surface area contributed by atoms with Crippen LogP contribution in [0, 0.1) is 0 Å². The van der Waals surface area contributed by atoms with Crippen LogP contribution < -0.4 is 10.1 Å². The molecule has 0 bridgehead atoms. The number of rotatable bonds is 7. The maximum absolute atomic E-state index is 5.62. The van der Waals surface area contributed by atoms with Gasteiger partial charge < -0.3 is 14.8 Å². The van der Waals surface area contributed by atoms with E-state index in [9.17, 15) is 0 Å². The van der Waals surface area contributed by atoms with Gasteiger partial charge in [0.05, 0.1) is 18.4 Å². The highest BCUT2D eigenvalue weighted by Gasteiger charge is 2.14. The Balaban J connectivity index is 1.72. The Bertz CT molecular complexity index is 348. The van der Waals surface area contributed by atoms with Crippen LogP contribution in [0.5, 0.6) is 5.75 Å². The van der Waals surface area contributed by atoms with Crippen LogP contribution in [-0.2, 0) is 4.74 Å². The summed E-state index contributed by atoms with van der Waals surface area (Å²) in [7, 11) is 0. The fourth-order valence-electron chi connectivity index (χ4n) is 2.32. The van der Waals surface area contributed by atoms with Crippen molar-refractivity contribution in [2.24, 2.45) is 0 Å². The summed E-state index contributed by atoms with van der Waals surface area (Å²) in [6.45, 7) is 4.64. The molecule has 3 nitrogen and oxygen atoms in total. The molecule has 18 heavy (non-hydrogen) atoms. The van der Waals surface area contributed by atoms with E-state index in [-0.39, 0.29) is 0 Å². The van der Waals surface area contributed by atoms with E-state index in [4.69, 9.17) is 9.47 Å². The number of hydrogen-bond donors (Lipinski definition) is 1. The van der Waals surface area contributed by atoms with Crippen LogP contribution in [0.15, 0.2) is 24.3 Å².